The predicted molar refractivity (Wildman–Crippen MR) is 55.7 cm³/mol. The molecule has 2 rings (SSSR count). The molecule has 0 bridgehead atoms. The van der Waals surface area contributed by atoms with Crippen molar-refractivity contribution in [1.29, 1.82) is 0 Å². The van der Waals surface area contributed by atoms with Gasteiger partial charge < -0.3 is 10.8 Å². The fraction of sp³-hybridized carbons (Fsp3) is 0.364. The quantitative estimate of drug-likeness (QED) is 0.691. The molecule has 14 heavy (non-hydrogen) atoms. The molecule has 0 saturated carbocycles. The molecule has 0 amide bonds. The van der Waals surface area contributed by atoms with Gasteiger partial charge in [0.2, 0.25) is 0 Å². The van der Waals surface area contributed by atoms with E-state index in [9.17, 15) is 5.11 Å². The first-order valence-electron chi connectivity index (χ1n) is 4.81. The monoisotopic (exact) mass is 190 g/mol. The van der Waals surface area contributed by atoms with E-state index in [-0.39, 0.29) is 6.10 Å². The highest BCUT2D eigenvalue weighted by molar-refractivity contribution is 5.46. The van der Waals surface area contributed by atoms with Crippen LogP contribution in [0.15, 0.2) is 30.1 Å². The van der Waals surface area contributed by atoms with Crippen molar-refractivity contribution in [1.82, 2.24) is 4.98 Å². The Balaban J connectivity index is 2.12. The molecule has 0 spiro atoms. The highest BCUT2D eigenvalue weighted by Gasteiger charge is 2.13. The van der Waals surface area contributed by atoms with Crippen LogP contribution < -0.4 is 5.73 Å². The van der Waals surface area contributed by atoms with Crippen LogP contribution in [0.4, 0.5) is 5.69 Å². The summed E-state index contributed by atoms with van der Waals surface area (Å²) in [5, 5.41) is 9.32. The second kappa shape index (κ2) is 3.80. The third kappa shape index (κ3) is 1.93. The Labute approximate surface area is 83.3 Å². The molecule has 1 aliphatic rings. The fourth-order valence-corrected chi connectivity index (χ4v) is 1.75. The smallest absolute Gasteiger partial charge is 0.0726 e. The normalized spacial score (nSPS) is 20.9. The van der Waals surface area contributed by atoms with Crippen molar-refractivity contribution in [3.05, 3.63) is 35.7 Å². The average molecular weight is 190 g/mol. The number of allylic oxidation sites excluding steroid dienone is 1. The Morgan fingerprint density at radius 1 is 1.57 bits per heavy atom. The highest BCUT2D eigenvalue weighted by Crippen LogP contribution is 2.23. The van der Waals surface area contributed by atoms with Crippen LogP contribution in [0, 0.1) is 0 Å². The number of nitrogen functional groups attached to an aromatic ring is 1. The number of aliphatic hydroxyl groups is 1. The lowest BCUT2D eigenvalue weighted by atomic mass is 10.1. The summed E-state index contributed by atoms with van der Waals surface area (Å²) in [6.07, 6.45) is 7.77. The van der Waals surface area contributed by atoms with Crippen LogP contribution in [-0.4, -0.2) is 16.2 Å². The number of aromatic nitrogens is 1. The summed E-state index contributed by atoms with van der Waals surface area (Å²) in [4.78, 5) is 4.04. The number of pyridine rings is 1. The molecule has 1 heterocycles. The van der Waals surface area contributed by atoms with Crippen molar-refractivity contribution in [3.63, 3.8) is 0 Å². The van der Waals surface area contributed by atoms with Gasteiger partial charge in [-0.05, 0) is 30.9 Å². The molecule has 0 aromatic carbocycles. The van der Waals surface area contributed by atoms with Gasteiger partial charge in [0.15, 0.2) is 0 Å². The summed E-state index contributed by atoms with van der Waals surface area (Å²) in [6.45, 7) is 0. The Morgan fingerprint density at radius 3 is 3.07 bits per heavy atom. The van der Waals surface area contributed by atoms with E-state index in [0.717, 1.165) is 30.5 Å². The molecule has 0 saturated heterocycles. The molecule has 3 heteroatoms. The number of nitrogens with two attached hydrogens (primary N) is 1. The standard InChI is InChI=1S/C11H14N2O/c12-11-3-4-13-7-9(11)5-8-1-2-10(14)6-8/h3-4,6-7,10,14H,1-2,5H2,(H2,12,13). The molecular formula is C11H14N2O. The van der Waals surface area contributed by atoms with Crippen molar-refractivity contribution in [2.24, 2.45) is 0 Å². The van der Waals surface area contributed by atoms with Crippen LogP contribution in [0.1, 0.15) is 18.4 Å². The molecule has 74 valence electrons. The van der Waals surface area contributed by atoms with Crippen molar-refractivity contribution in [3.8, 4) is 0 Å². The molecule has 1 aliphatic carbocycles. The number of aliphatic hydroxyl groups excluding tert-OH is 1. The summed E-state index contributed by atoms with van der Waals surface area (Å²) >= 11 is 0. The first kappa shape index (κ1) is 9.21. The van der Waals surface area contributed by atoms with Crippen molar-refractivity contribution < 1.29 is 5.11 Å². The molecule has 3 N–H and O–H groups in total. The van der Waals surface area contributed by atoms with Crippen LogP contribution in [0.25, 0.3) is 0 Å². The first-order valence-corrected chi connectivity index (χ1v) is 4.81. The van der Waals surface area contributed by atoms with Gasteiger partial charge in [-0.2, -0.15) is 0 Å². The highest BCUT2D eigenvalue weighted by atomic mass is 16.3. The van der Waals surface area contributed by atoms with Gasteiger partial charge in [0.25, 0.3) is 0 Å². The predicted octanol–water partition coefficient (Wildman–Crippen LogP) is 1.29. The second-order valence-corrected chi connectivity index (χ2v) is 3.68. The van der Waals surface area contributed by atoms with Crippen LogP contribution in [0.3, 0.4) is 0 Å². The molecule has 0 radical (unpaired) electrons. The van der Waals surface area contributed by atoms with E-state index in [1.54, 1.807) is 18.5 Å². The van der Waals surface area contributed by atoms with E-state index < -0.39 is 0 Å². The van der Waals surface area contributed by atoms with Crippen LogP contribution in [0.5, 0.6) is 0 Å². The zero-order valence-electron chi connectivity index (χ0n) is 7.98. The van der Waals surface area contributed by atoms with Gasteiger partial charge in [0.1, 0.15) is 0 Å². The Kier molecular flexibility index (Phi) is 2.50. The topological polar surface area (TPSA) is 59.1 Å². The maximum absolute atomic E-state index is 9.32. The Morgan fingerprint density at radius 2 is 2.43 bits per heavy atom. The second-order valence-electron chi connectivity index (χ2n) is 3.68. The number of hydrogen-bond donors (Lipinski definition) is 2. The van der Waals surface area contributed by atoms with Gasteiger partial charge in [-0.15, -0.1) is 0 Å². The van der Waals surface area contributed by atoms with Gasteiger partial charge in [-0.3, -0.25) is 4.98 Å². The molecule has 1 atom stereocenters. The van der Waals surface area contributed by atoms with Gasteiger partial charge in [0.05, 0.1) is 6.10 Å². The van der Waals surface area contributed by atoms with Crippen LogP contribution in [0.2, 0.25) is 0 Å². The Bertz CT molecular complexity index is 360. The van der Waals surface area contributed by atoms with Crippen molar-refractivity contribution in [2.45, 2.75) is 25.4 Å². The van der Waals surface area contributed by atoms with E-state index in [0.29, 0.717) is 0 Å². The minimum atomic E-state index is -0.261. The lowest BCUT2D eigenvalue weighted by Crippen LogP contribution is -1.96. The maximum Gasteiger partial charge on any atom is 0.0726 e. The first-order chi connectivity index (χ1) is 6.75. The Hall–Kier alpha value is -1.35. The molecular weight excluding hydrogens is 176 g/mol. The van der Waals surface area contributed by atoms with Crippen molar-refractivity contribution in [2.75, 3.05) is 5.73 Å². The summed E-state index contributed by atoms with van der Waals surface area (Å²) < 4.78 is 0. The number of nitrogens with zero attached hydrogens (tertiary/aromatic N) is 1. The average Bonchev–Trinajstić information content (AvgIpc) is 2.56. The zero-order chi connectivity index (χ0) is 9.97. The van der Waals surface area contributed by atoms with Crippen molar-refractivity contribution >= 4 is 5.69 Å². The van der Waals surface area contributed by atoms with Crippen LogP contribution in [-0.2, 0) is 6.42 Å². The van der Waals surface area contributed by atoms with Gasteiger partial charge in [0, 0.05) is 18.1 Å². The van der Waals surface area contributed by atoms with E-state index in [1.165, 1.54) is 5.57 Å². The van der Waals surface area contributed by atoms with Gasteiger partial charge >= 0.3 is 0 Å². The maximum atomic E-state index is 9.32. The van der Waals surface area contributed by atoms with E-state index in [1.807, 2.05) is 6.08 Å². The molecule has 3 nitrogen and oxygen atoms in total. The molecule has 1 unspecified atom stereocenters. The third-order valence-corrected chi connectivity index (χ3v) is 2.55. The summed E-state index contributed by atoms with van der Waals surface area (Å²) in [5.74, 6) is 0. The minimum absolute atomic E-state index is 0.261. The molecule has 0 aliphatic heterocycles. The molecule has 1 aromatic rings. The number of rotatable bonds is 2. The number of hydrogen-bond acceptors (Lipinski definition) is 3. The van der Waals surface area contributed by atoms with E-state index in [2.05, 4.69) is 4.98 Å². The third-order valence-electron chi connectivity index (χ3n) is 2.55. The lowest BCUT2D eigenvalue weighted by Gasteiger charge is -2.04. The lowest BCUT2D eigenvalue weighted by molar-refractivity contribution is 0.223. The summed E-state index contributed by atoms with van der Waals surface area (Å²) in [7, 11) is 0. The van der Waals surface area contributed by atoms with E-state index >= 15 is 0 Å². The molecule has 1 aromatic heterocycles. The number of anilines is 1. The zero-order valence-corrected chi connectivity index (χ0v) is 7.98. The largest absolute Gasteiger partial charge is 0.398 e. The summed E-state index contributed by atoms with van der Waals surface area (Å²) in [6, 6.07) is 1.81. The van der Waals surface area contributed by atoms with Gasteiger partial charge in [-0.1, -0.05) is 11.6 Å². The SMILES string of the molecule is Nc1ccncc1CC1=CC(O)CC1. The summed E-state index contributed by atoms with van der Waals surface area (Å²) in [5.41, 5.74) is 8.89. The fourth-order valence-electron chi connectivity index (χ4n) is 1.75. The van der Waals surface area contributed by atoms with Gasteiger partial charge in [-0.25, -0.2) is 0 Å². The van der Waals surface area contributed by atoms with E-state index in [4.69, 9.17) is 5.73 Å². The molecule has 0 fully saturated rings. The van der Waals surface area contributed by atoms with Crippen LogP contribution >= 0.6 is 0 Å². The minimum Gasteiger partial charge on any atom is -0.398 e.